The molecule has 0 aromatic heterocycles. The minimum atomic E-state index is -0.676. The number of aliphatic hydroxyl groups is 1. The van der Waals surface area contributed by atoms with Gasteiger partial charge in [0, 0.05) is 6.42 Å². The molecule has 0 aliphatic heterocycles. The van der Waals surface area contributed by atoms with Crippen molar-refractivity contribution >= 4 is 5.97 Å². The molecule has 0 radical (unpaired) electrons. The van der Waals surface area contributed by atoms with Crippen LogP contribution < -0.4 is 0 Å². The van der Waals surface area contributed by atoms with Crippen molar-refractivity contribution in [3.8, 4) is 0 Å². The van der Waals surface area contributed by atoms with Gasteiger partial charge in [0.2, 0.25) is 0 Å². The maximum absolute atomic E-state index is 10.8. The van der Waals surface area contributed by atoms with Crippen molar-refractivity contribution in [2.24, 2.45) is 41.4 Å². The molecule has 3 unspecified atom stereocenters. The van der Waals surface area contributed by atoms with E-state index in [9.17, 15) is 9.90 Å². The Morgan fingerprint density at radius 2 is 1.88 bits per heavy atom. The van der Waals surface area contributed by atoms with E-state index in [-0.39, 0.29) is 6.10 Å². The Labute approximate surface area is 148 Å². The molecule has 0 heterocycles. The monoisotopic (exact) mass is 338 g/mol. The molecule has 3 heteroatoms. The van der Waals surface area contributed by atoms with Gasteiger partial charge in [0.05, 0.1) is 6.10 Å². The Bertz CT molecular complexity index is 408. The number of unbranched alkanes of at least 4 members (excludes halogenated alkanes) is 1. The maximum atomic E-state index is 10.8. The molecule has 0 aromatic rings. The average Bonchev–Trinajstić information content (AvgIpc) is 2.53. The zero-order valence-corrected chi connectivity index (χ0v) is 16.1. The van der Waals surface area contributed by atoms with Crippen LogP contribution in [-0.4, -0.2) is 22.3 Å². The Morgan fingerprint density at radius 3 is 2.50 bits per heavy atom. The van der Waals surface area contributed by atoms with Gasteiger partial charge in [-0.15, -0.1) is 0 Å². The molecule has 24 heavy (non-hydrogen) atoms. The average molecular weight is 339 g/mol. The first-order valence-corrected chi connectivity index (χ1v) is 10.3. The van der Waals surface area contributed by atoms with Crippen LogP contribution in [0.25, 0.3) is 0 Å². The molecule has 0 aromatic carbocycles. The first-order valence-electron chi connectivity index (χ1n) is 10.3. The number of rotatable bonds is 7. The van der Waals surface area contributed by atoms with Gasteiger partial charge in [-0.1, -0.05) is 40.5 Å². The molecule has 0 spiro atoms. The fraction of sp³-hybridized carbons (Fsp3) is 0.952. The Morgan fingerprint density at radius 1 is 1.17 bits per heavy atom. The minimum Gasteiger partial charge on any atom is -0.481 e. The maximum Gasteiger partial charge on any atom is 0.303 e. The first kappa shape index (κ1) is 19.8. The van der Waals surface area contributed by atoms with E-state index >= 15 is 0 Å². The third-order valence-electron chi connectivity index (χ3n) is 7.33. The van der Waals surface area contributed by atoms with Crippen molar-refractivity contribution in [1.82, 2.24) is 0 Å². The highest BCUT2D eigenvalue weighted by Gasteiger charge is 2.49. The van der Waals surface area contributed by atoms with Crippen molar-refractivity contribution < 1.29 is 15.0 Å². The molecule has 0 bridgehead atoms. The number of carboxylic acid groups (broad SMARTS) is 1. The van der Waals surface area contributed by atoms with Crippen LogP contribution in [0.3, 0.4) is 0 Å². The zero-order chi connectivity index (χ0) is 17.9. The first-order chi connectivity index (χ1) is 11.4. The molecular weight excluding hydrogens is 300 g/mol. The van der Waals surface area contributed by atoms with Crippen molar-refractivity contribution in [3.63, 3.8) is 0 Å². The lowest BCUT2D eigenvalue weighted by Gasteiger charge is -2.54. The Kier molecular flexibility index (Phi) is 7.15. The van der Waals surface area contributed by atoms with Gasteiger partial charge >= 0.3 is 5.97 Å². The molecule has 2 saturated carbocycles. The molecule has 8 atom stereocenters. The fourth-order valence-electron chi connectivity index (χ4n) is 6.13. The van der Waals surface area contributed by atoms with Crippen LogP contribution in [0.1, 0.15) is 79.1 Å². The summed E-state index contributed by atoms with van der Waals surface area (Å²) in [5, 5.41) is 19.5. The normalized spacial score (nSPS) is 40.8. The molecule has 0 amide bonds. The second-order valence-corrected chi connectivity index (χ2v) is 8.84. The van der Waals surface area contributed by atoms with E-state index < -0.39 is 5.97 Å². The van der Waals surface area contributed by atoms with Gasteiger partial charge in [0.25, 0.3) is 0 Å². The SMILES string of the molecule is CCC(C)[C@H]1[C@@H](CCCCC(=O)O)[C@H]2C(C[C@H]1C)C(O)CC[C@@H]2C. The van der Waals surface area contributed by atoms with Crippen LogP contribution in [-0.2, 0) is 4.79 Å². The summed E-state index contributed by atoms with van der Waals surface area (Å²) < 4.78 is 0. The number of carbonyl (C=O) groups is 1. The topological polar surface area (TPSA) is 57.5 Å². The van der Waals surface area contributed by atoms with Gasteiger partial charge in [0.1, 0.15) is 0 Å². The molecule has 2 aliphatic carbocycles. The number of carboxylic acids is 1. The summed E-state index contributed by atoms with van der Waals surface area (Å²) in [5.41, 5.74) is 0. The number of fused-ring (bicyclic) bond motifs is 1. The van der Waals surface area contributed by atoms with E-state index in [4.69, 9.17) is 5.11 Å². The predicted molar refractivity (Wildman–Crippen MR) is 97.7 cm³/mol. The summed E-state index contributed by atoms with van der Waals surface area (Å²) in [6.45, 7) is 9.47. The number of aliphatic hydroxyl groups excluding tert-OH is 1. The fourth-order valence-corrected chi connectivity index (χ4v) is 6.13. The van der Waals surface area contributed by atoms with Gasteiger partial charge in [0.15, 0.2) is 0 Å². The highest BCUT2D eigenvalue weighted by Crippen LogP contribution is 2.54. The molecule has 2 rings (SSSR count). The summed E-state index contributed by atoms with van der Waals surface area (Å²) >= 11 is 0. The number of hydrogen-bond acceptors (Lipinski definition) is 2. The lowest BCUT2D eigenvalue weighted by molar-refractivity contribution is -0.137. The van der Waals surface area contributed by atoms with E-state index in [2.05, 4.69) is 27.7 Å². The van der Waals surface area contributed by atoms with Gasteiger partial charge in [-0.25, -0.2) is 0 Å². The van der Waals surface area contributed by atoms with Gasteiger partial charge in [-0.05, 0) is 73.5 Å². The third kappa shape index (κ3) is 4.33. The molecular formula is C21H38O3. The van der Waals surface area contributed by atoms with Crippen molar-refractivity contribution in [1.29, 1.82) is 0 Å². The van der Waals surface area contributed by atoms with Crippen LogP contribution in [0.15, 0.2) is 0 Å². The second-order valence-electron chi connectivity index (χ2n) is 8.84. The summed E-state index contributed by atoms with van der Waals surface area (Å²) in [7, 11) is 0. The lowest BCUT2D eigenvalue weighted by atomic mass is 9.51. The van der Waals surface area contributed by atoms with E-state index in [1.165, 1.54) is 12.8 Å². The lowest BCUT2D eigenvalue weighted by Crippen LogP contribution is -2.50. The van der Waals surface area contributed by atoms with Crippen molar-refractivity contribution in [2.75, 3.05) is 0 Å². The summed E-state index contributed by atoms with van der Waals surface area (Å²) in [6, 6.07) is 0. The zero-order valence-electron chi connectivity index (χ0n) is 16.1. The van der Waals surface area contributed by atoms with Crippen LogP contribution in [0.4, 0.5) is 0 Å². The van der Waals surface area contributed by atoms with E-state index in [1.54, 1.807) is 0 Å². The van der Waals surface area contributed by atoms with E-state index in [0.29, 0.717) is 36.0 Å². The van der Waals surface area contributed by atoms with Gasteiger partial charge in [-0.2, -0.15) is 0 Å². The van der Waals surface area contributed by atoms with Crippen LogP contribution in [0, 0.1) is 41.4 Å². The highest BCUT2D eigenvalue weighted by atomic mass is 16.4. The molecule has 2 N–H and O–H groups in total. The van der Waals surface area contributed by atoms with Crippen LogP contribution in [0.5, 0.6) is 0 Å². The molecule has 2 aliphatic rings. The van der Waals surface area contributed by atoms with E-state index in [0.717, 1.165) is 43.9 Å². The molecule has 140 valence electrons. The highest BCUT2D eigenvalue weighted by molar-refractivity contribution is 5.66. The van der Waals surface area contributed by atoms with Crippen molar-refractivity contribution in [3.05, 3.63) is 0 Å². The number of hydrogen-bond donors (Lipinski definition) is 2. The van der Waals surface area contributed by atoms with Crippen LogP contribution in [0.2, 0.25) is 0 Å². The Hall–Kier alpha value is -0.570. The Balaban J connectivity index is 2.16. The quantitative estimate of drug-likeness (QED) is 0.644. The predicted octanol–water partition coefficient (Wildman–Crippen LogP) is 4.97. The van der Waals surface area contributed by atoms with Crippen molar-refractivity contribution in [2.45, 2.75) is 85.2 Å². The molecule has 2 fully saturated rings. The second kappa shape index (κ2) is 8.69. The van der Waals surface area contributed by atoms with Gasteiger partial charge in [-0.3, -0.25) is 4.79 Å². The summed E-state index contributed by atoms with van der Waals surface area (Å²) in [5.74, 6) is 3.90. The summed E-state index contributed by atoms with van der Waals surface area (Å²) in [4.78, 5) is 10.8. The summed E-state index contributed by atoms with van der Waals surface area (Å²) in [6.07, 6.45) is 7.64. The smallest absolute Gasteiger partial charge is 0.303 e. The van der Waals surface area contributed by atoms with E-state index in [1.807, 2.05) is 0 Å². The molecule has 0 saturated heterocycles. The largest absolute Gasteiger partial charge is 0.481 e. The minimum absolute atomic E-state index is 0.118. The molecule has 3 nitrogen and oxygen atoms in total. The van der Waals surface area contributed by atoms with Crippen LogP contribution >= 0.6 is 0 Å². The standard InChI is InChI=1S/C21H38O3/c1-5-13(2)20-15(4)12-17-18(22)11-10-14(3)21(17)16(20)8-6-7-9-19(23)24/h13-18,20-22H,5-12H2,1-4H3,(H,23,24)/t13?,14-,15+,16+,17?,18?,20+,21-/m0/s1. The third-order valence-corrected chi connectivity index (χ3v) is 7.33. The van der Waals surface area contributed by atoms with Gasteiger partial charge < -0.3 is 10.2 Å². The number of aliphatic carboxylic acids is 1.